The smallest absolute Gasteiger partial charge is 0.475 e. The Kier molecular flexibility index (Phi) is 10.5. The zero-order valence-electron chi connectivity index (χ0n) is 19.4. The summed E-state index contributed by atoms with van der Waals surface area (Å²) >= 11 is 0. The molecule has 0 fully saturated rings. The molecule has 1 atom stereocenters. The largest absolute Gasteiger partial charge is 0.490 e. The summed E-state index contributed by atoms with van der Waals surface area (Å²) in [5.74, 6) is -3.25. The highest BCUT2D eigenvalue weighted by molar-refractivity contribution is 7.91. The highest BCUT2D eigenvalue weighted by Gasteiger charge is 2.38. The van der Waals surface area contributed by atoms with Crippen molar-refractivity contribution in [1.29, 1.82) is 0 Å². The Morgan fingerprint density at radius 3 is 2.30 bits per heavy atom. The number of nitrogens with one attached hydrogen (secondary N) is 1. The molecular formula is C24H23F5N2O5S. The molecule has 0 amide bonds. The van der Waals surface area contributed by atoms with E-state index in [0.29, 0.717) is 24.3 Å². The number of carboxylic acid groups (broad SMARTS) is 1. The lowest BCUT2D eigenvalue weighted by atomic mass is 10.1. The fraction of sp³-hybridized carbons (Fsp3) is 0.250. The summed E-state index contributed by atoms with van der Waals surface area (Å²) in [6.07, 6.45) is -1.61. The van der Waals surface area contributed by atoms with Crippen molar-refractivity contribution < 1.29 is 45.0 Å². The molecule has 1 unspecified atom stereocenters. The molecule has 2 N–H and O–H groups in total. The summed E-state index contributed by atoms with van der Waals surface area (Å²) in [6, 6.07) is 12.7. The number of hydrogen-bond donors (Lipinski definition) is 2. The van der Waals surface area contributed by atoms with Crippen LogP contribution in [0.5, 0.6) is 11.5 Å². The number of sulfone groups is 1. The molecule has 200 valence electrons. The summed E-state index contributed by atoms with van der Waals surface area (Å²) in [6.45, 7) is 2.29. The second-order valence-electron chi connectivity index (χ2n) is 7.59. The Labute approximate surface area is 209 Å². The number of aliphatic carboxylic acids is 1. The second kappa shape index (κ2) is 13.1. The number of rotatable bonds is 9. The molecule has 2 aromatic carbocycles. The van der Waals surface area contributed by atoms with Crippen LogP contribution < -0.4 is 10.1 Å². The van der Waals surface area contributed by atoms with Crippen LogP contribution in [0.4, 0.5) is 22.0 Å². The molecule has 3 aromatic rings. The lowest BCUT2D eigenvalue weighted by Gasteiger charge is -2.15. The highest BCUT2D eigenvalue weighted by Crippen LogP contribution is 2.26. The number of benzene rings is 2. The summed E-state index contributed by atoms with van der Waals surface area (Å²) in [7, 11) is -3.47. The van der Waals surface area contributed by atoms with Crippen molar-refractivity contribution in [1.82, 2.24) is 10.3 Å². The van der Waals surface area contributed by atoms with Crippen LogP contribution in [0.2, 0.25) is 0 Å². The van der Waals surface area contributed by atoms with Crippen LogP contribution in [0.15, 0.2) is 71.9 Å². The van der Waals surface area contributed by atoms with Crippen molar-refractivity contribution >= 4 is 15.8 Å². The standard InChI is InChI=1S/C22H22F2N2O3S.C2HF3O2/c1-16(26-12-3-13-30(27,28)20-8-6-18(23)7-9-20)17-5-10-22(21(24)14-17)29-19-4-2-11-25-15-19;3-2(4,5)1(6)7/h2,4-11,14-16,26H,3,12-13H2,1H3;(H,6,7). The summed E-state index contributed by atoms with van der Waals surface area (Å²) in [4.78, 5) is 12.9. The Balaban J connectivity index is 0.000000604. The Bertz CT molecular complexity index is 1270. The van der Waals surface area contributed by atoms with Crippen LogP contribution in [0.25, 0.3) is 0 Å². The van der Waals surface area contributed by atoms with Crippen LogP contribution in [0, 0.1) is 11.6 Å². The van der Waals surface area contributed by atoms with Crippen LogP contribution in [0.3, 0.4) is 0 Å². The van der Waals surface area contributed by atoms with Crippen molar-refractivity contribution in [3.05, 3.63) is 84.2 Å². The van der Waals surface area contributed by atoms with Crippen molar-refractivity contribution in [2.24, 2.45) is 0 Å². The first kappa shape index (κ1) is 29.6. The van der Waals surface area contributed by atoms with Gasteiger partial charge in [0.15, 0.2) is 21.4 Å². The number of hydrogen-bond acceptors (Lipinski definition) is 6. The van der Waals surface area contributed by atoms with E-state index in [1.807, 2.05) is 6.92 Å². The van der Waals surface area contributed by atoms with E-state index < -0.39 is 33.6 Å². The number of carbonyl (C=O) groups is 1. The number of alkyl halides is 3. The molecule has 0 spiro atoms. The van der Waals surface area contributed by atoms with E-state index in [-0.39, 0.29) is 22.4 Å². The molecule has 3 rings (SSSR count). The van der Waals surface area contributed by atoms with Crippen LogP contribution in [-0.2, 0) is 14.6 Å². The molecule has 37 heavy (non-hydrogen) atoms. The highest BCUT2D eigenvalue weighted by atomic mass is 32.2. The fourth-order valence-corrected chi connectivity index (χ4v) is 4.17. The van der Waals surface area contributed by atoms with E-state index in [0.717, 1.165) is 12.1 Å². The lowest BCUT2D eigenvalue weighted by Crippen LogP contribution is -2.22. The zero-order valence-corrected chi connectivity index (χ0v) is 20.2. The van der Waals surface area contributed by atoms with Crippen LogP contribution >= 0.6 is 0 Å². The minimum absolute atomic E-state index is 0.0649. The predicted molar refractivity (Wildman–Crippen MR) is 124 cm³/mol. The third-order valence-corrected chi connectivity index (χ3v) is 6.59. The molecule has 1 heterocycles. The number of ether oxygens (including phenoxy) is 1. The van der Waals surface area contributed by atoms with Gasteiger partial charge in [0.2, 0.25) is 0 Å². The topological polar surface area (TPSA) is 106 Å². The van der Waals surface area contributed by atoms with Gasteiger partial charge in [-0.15, -0.1) is 0 Å². The van der Waals surface area contributed by atoms with E-state index in [1.54, 1.807) is 30.5 Å². The van der Waals surface area contributed by atoms with Gasteiger partial charge in [-0.3, -0.25) is 4.98 Å². The quantitative estimate of drug-likeness (QED) is 0.213. The van der Waals surface area contributed by atoms with E-state index >= 15 is 0 Å². The number of pyridine rings is 1. The average molecular weight is 547 g/mol. The summed E-state index contributed by atoms with van der Waals surface area (Å²) in [5, 5.41) is 10.3. The maximum absolute atomic E-state index is 14.4. The van der Waals surface area contributed by atoms with E-state index in [1.165, 1.54) is 24.4 Å². The van der Waals surface area contributed by atoms with Gasteiger partial charge in [-0.25, -0.2) is 22.0 Å². The van der Waals surface area contributed by atoms with Crippen LogP contribution in [0.1, 0.15) is 24.9 Å². The number of nitrogens with zero attached hydrogens (tertiary/aromatic N) is 1. The summed E-state index contributed by atoms with van der Waals surface area (Å²) < 4.78 is 89.1. The number of carboxylic acids is 1. The van der Waals surface area contributed by atoms with E-state index in [9.17, 15) is 30.4 Å². The first-order chi connectivity index (χ1) is 17.3. The molecule has 0 aliphatic carbocycles. The maximum Gasteiger partial charge on any atom is 0.490 e. The van der Waals surface area contributed by atoms with E-state index in [2.05, 4.69) is 10.3 Å². The SMILES string of the molecule is CC(NCCCS(=O)(=O)c1ccc(F)cc1)c1ccc(Oc2cccnc2)c(F)c1.O=C(O)C(F)(F)F. The van der Waals surface area contributed by atoms with Crippen molar-refractivity contribution in [3.63, 3.8) is 0 Å². The molecule has 0 saturated carbocycles. The third kappa shape index (κ3) is 9.77. The Hall–Kier alpha value is -3.58. The molecule has 13 heteroatoms. The fourth-order valence-electron chi connectivity index (χ4n) is 2.86. The minimum atomic E-state index is -5.08. The van der Waals surface area contributed by atoms with Gasteiger partial charge in [0.25, 0.3) is 0 Å². The third-order valence-electron chi connectivity index (χ3n) is 4.77. The van der Waals surface area contributed by atoms with Crippen molar-refractivity contribution in [2.45, 2.75) is 30.5 Å². The summed E-state index contributed by atoms with van der Waals surface area (Å²) in [5.41, 5.74) is 0.715. The molecule has 0 radical (unpaired) electrons. The molecule has 0 saturated heterocycles. The van der Waals surface area contributed by atoms with Gasteiger partial charge in [0.1, 0.15) is 11.6 Å². The van der Waals surface area contributed by atoms with Gasteiger partial charge < -0.3 is 15.2 Å². The molecule has 0 bridgehead atoms. The average Bonchev–Trinajstić information content (AvgIpc) is 2.83. The van der Waals surface area contributed by atoms with Gasteiger partial charge >= 0.3 is 12.1 Å². The van der Waals surface area contributed by atoms with Crippen molar-refractivity contribution in [2.75, 3.05) is 12.3 Å². The van der Waals surface area contributed by atoms with Gasteiger partial charge in [-0.2, -0.15) is 13.2 Å². The Morgan fingerprint density at radius 1 is 1.11 bits per heavy atom. The van der Waals surface area contributed by atoms with Gasteiger partial charge in [-0.05, 0) is 74.0 Å². The number of aromatic nitrogens is 1. The monoisotopic (exact) mass is 546 g/mol. The molecule has 0 aliphatic heterocycles. The predicted octanol–water partition coefficient (Wildman–Crippen LogP) is 5.30. The maximum atomic E-state index is 14.4. The first-order valence-electron chi connectivity index (χ1n) is 10.7. The Morgan fingerprint density at radius 2 is 1.76 bits per heavy atom. The normalized spacial score (nSPS) is 12.3. The molecule has 7 nitrogen and oxygen atoms in total. The second-order valence-corrected chi connectivity index (χ2v) is 9.69. The van der Waals surface area contributed by atoms with Crippen molar-refractivity contribution in [3.8, 4) is 11.5 Å². The number of halogens is 5. The minimum Gasteiger partial charge on any atom is -0.475 e. The van der Waals surface area contributed by atoms with Gasteiger partial charge in [0, 0.05) is 12.2 Å². The molecule has 0 aliphatic rings. The zero-order chi connectivity index (χ0) is 27.6. The lowest BCUT2D eigenvalue weighted by molar-refractivity contribution is -0.192. The molecular weight excluding hydrogens is 523 g/mol. The van der Waals surface area contributed by atoms with Gasteiger partial charge in [0.05, 0.1) is 16.8 Å². The molecule has 1 aromatic heterocycles. The van der Waals surface area contributed by atoms with E-state index in [4.69, 9.17) is 14.6 Å². The first-order valence-corrected chi connectivity index (χ1v) is 12.3. The van der Waals surface area contributed by atoms with Crippen LogP contribution in [-0.4, -0.2) is 43.0 Å². The van der Waals surface area contributed by atoms with Gasteiger partial charge in [-0.1, -0.05) is 6.07 Å².